The van der Waals surface area contributed by atoms with E-state index in [0.29, 0.717) is 25.3 Å². The van der Waals surface area contributed by atoms with E-state index in [-0.39, 0.29) is 11.6 Å². The van der Waals surface area contributed by atoms with Crippen molar-refractivity contribution in [2.45, 2.75) is 32.2 Å². The molecule has 0 aromatic carbocycles. The van der Waals surface area contributed by atoms with Crippen molar-refractivity contribution in [3.05, 3.63) is 16.8 Å². The van der Waals surface area contributed by atoms with Gasteiger partial charge in [-0.1, -0.05) is 0 Å². The Hall–Kier alpha value is -1.59. The van der Waals surface area contributed by atoms with Gasteiger partial charge in [-0.2, -0.15) is 5.10 Å². The average molecular weight is 225 g/mol. The molecule has 1 heterocycles. The SMILES string of the molecule is O=C(O)C1CCC(Cn2cn[nH]c2=O)CC1. The summed E-state index contributed by atoms with van der Waals surface area (Å²) in [6, 6.07) is 0. The molecule has 16 heavy (non-hydrogen) atoms. The van der Waals surface area contributed by atoms with Gasteiger partial charge < -0.3 is 5.11 Å². The summed E-state index contributed by atoms with van der Waals surface area (Å²) in [7, 11) is 0. The fraction of sp³-hybridized carbons (Fsp3) is 0.700. The van der Waals surface area contributed by atoms with E-state index < -0.39 is 5.97 Å². The van der Waals surface area contributed by atoms with E-state index in [9.17, 15) is 9.59 Å². The third kappa shape index (κ3) is 2.32. The van der Waals surface area contributed by atoms with E-state index >= 15 is 0 Å². The van der Waals surface area contributed by atoms with Crippen LogP contribution in [-0.2, 0) is 11.3 Å². The minimum atomic E-state index is -0.695. The van der Waals surface area contributed by atoms with Gasteiger partial charge in [0.15, 0.2) is 0 Å². The van der Waals surface area contributed by atoms with Gasteiger partial charge in [0.2, 0.25) is 0 Å². The molecular formula is C10H15N3O3. The zero-order chi connectivity index (χ0) is 11.5. The lowest BCUT2D eigenvalue weighted by atomic mass is 9.82. The summed E-state index contributed by atoms with van der Waals surface area (Å²) in [5.74, 6) is -0.498. The molecule has 1 saturated carbocycles. The van der Waals surface area contributed by atoms with Gasteiger partial charge in [-0.05, 0) is 31.6 Å². The van der Waals surface area contributed by atoms with E-state index in [4.69, 9.17) is 5.11 Å². The average Bonchev–Trinajstić information content (AvgIpc) is 2.65. The van der Waals surface area contributed by atoms with Gasteiger partial charge in [-0.25, -0.2) is 9.89 Å². The Morgan fingerprint density at radius 2 is 2.19 bits per heavy atom. The third-order valence-electron chi connectivity index (χ3n) is 3.27. The Bertz CT molecular complexity index is 415. The summed E-state index contributed by atoms with van der Waals surface area (Å²) in [5.41, 5.74) is -0.194. The molecule has 0 radical (unpaired) electrons. The summed E-state index contributed by atoms with van der Waals surface area (Å²) in [5, 5.41) is 14.9. The largest absolute Gasteiger partial charge is 0.481 e. The van der Waals surface area contributed by atoms with Crippen LogP contribution in [0.1, 0.15) is 25.7 Å². The minimum Gasteiger partial charge on any atom is -0.481 e. The normalized spacial score (nSPS) is 25.5. The zero-order valence-electron chi connectivity index (χ0n) is 8.93. The van der Waals surface area contributed by atoms with Crippen LogP contribution in [0.15, 0.2) is 11.1 Å². The van der Waals surface area contributed by atoms with Crippen LogP contribution < -0.4 is 5.69 Å². The molecule has 1 aliphatic rings. The Morgan fingerprint density at radius 1 is 1.50 bits per heavy atom. The molecule has 0 atom stereocenters. The molecule has 2 rings (SSSR count). The van der Waals surface area contributed by atoms with E-state index in [2.05, 4.69) is 10.2 Å². The first-order valence-corrected chi connectivity index (χ1v) is 5.49. The van der Waals surface area contributed by atoms with Crippen LogP contribution in [0, 0.1) is 11.8 Å². The van der Waals surface area contributed by atoms with Gasteiger partial charge in [0.05, 0.1) is 5.92 Å². The van der Waals surface area contributed by atoms with Crippen molar-refractivity contribution in [2.75, 3.05) is 0 Å². The molecule has 1 aromatic heterocycles. The quantitative estimate of drug-likeness (QED) is 0.782. The molecule has 0 bridgehead atoms. The Morgan fingerprint density at radius 3 is 2.69 bits per heavy atom. The van der Waals surface area contributed by atoms with Gasteiger partial charge in [0, 0.05) is 6.54 Å². The first kappa shape index (κ1) is 10.9. The lowest BCUT2D eigenvalue weighted by Crippen LogP contribution is -2.26. The summed E-state index contributed by atoms with van der Waals surface area (Å²) in [6.07, 6.45) is 4.66. The maximum Gasteiger partial charge on any atom is 0.343 e. The highest BCUT2D eigenvalue weighted by atomic mass is 16.4. The number of nitrogens with zero attached hydrogens (tertiary/aromatic N) is 2. The monoisotopic (exact) mass is 225 g/mol. The lowest BCUT2D eigenvalue weighted by Gasteiger charge is -2.25. The second kappa shape index (κ2) is 4.51. The van der Waals surface area contributed by atoms with Gasteiger partial charge in [-0.3, -0.25) is 9.36 Å². The Balaban J connectivity index is 1.88. The van der Waals surface area contributed by atoms with Crippen LogP contribution in [-0.4, -0.2) is 25.8 Å². The molecule has 1 aliphatic carbocycles. The molecule has 0 saturated heterocycles. The fourth-order valence-electron chi connectivity index (χ4n) is 2.27. The van der Waals surface area contributed by atoms with Crippen LogP contribution in [0.3, 0.4) is 0 Å². The molecule has 0 amide bonds. The standard InChI is InChI=1S/C10H15N3O3/c14-9(15)8-3-1-7(2-4-8)5-13-6-11-12-10(13)16/h6-8H,1-5H2,(H,12,16)(H,14,15). The van der Waals surface area contributed by atoms with Crippen LogP contribution in [0.2, 0.25) is 0 Å². The molecule has 1 fully saturated rings. The van der Waals surface area contributed by atoms with Crippen LogP contribution in [0.5, 0.6) is 0 Å². The van der Waals surface area contributed by atoms with E-state index in [0.717, 1.165) is 12.8 Å². The number of aromatic amines is 1. The van der Waals surface area contributed by atoms with Gasteiger partial charge >= 0.3 is 11.7 Å². The van der Waals surface area contributed by atoms with Crippen molar-refractivity contribution >= 4 is 5.97 Å². The summed E-state index contributed by atoms with van der Waals surface area (Å²) in [6.45, 7) is 0.641. The first-order chi connectivity index (χ1) is 7.66. The number of nitrogens with one attached hydrogen (secondary N) is 1. The molecule has 6 nitrogen and oxygen atoms in total. The molecule has 0 aliphatic heterocycles. The van der Waals surface area contributed by atoms with Crippen molar-refractivity contribution < 1.29 is 9.90 Å². The number of H-pyrrole nitrogens is 1. The second-order valence-electron chi connectivity index (χ2n) is 4.37. The second-order valence-corrected chi connectivity index (χ2v) is 4.37. The minimum absolute atomic E-state index is 0.194. The number of aliphatic carboxylic acids is 1. The van der Waals surface area contributed by atoms with Crippen LogP contribution in [0.25, 0.3) is 0 Å². The highest BCUT2D eigenvalue weighted by Gasteiger charge is 2.26. The third-order valence-corrected chi connectivity index (χ3v) is 3.27. The highest BCUT2D eigenvalue weighted by molar-refractivity contribution is 5.69. The highest BCUT2D eigenvalue weighted by Crippen LogP contribution is 2.29. The lowest BCUT2D eigenvalue weighted by molar-refractivity contribution is -0.143. The zero-order valence-corrected chi connectivity index (χ0v) is 8.93. The molecule has 1 aromatic rings. The summed E-state index contributed by atoms with van der Waals surface area (Å²) < 4.78 is 1.55. The fourth-order valence-corrected chi connectivity index (χ4v) is 2.27. The van der Waals surface area contributed by atoms with Gasteiger partial charge in [0.25, 0.3) is 0 Å². The number of aromatic nitrogens is 3. The first-order valence-electron chi connectivity index (χ1n) is 5.49. The maximum atomic E-state index is 11.2. The van der Waals surface area contributed by atoms with Crippen molar-refractivity contribution in [1.29, 1.82) is 0 Å². The number of hydrogen-bond acceptors (Lipinski definition) is 3. The number of hydrogen-bond donors (Lipinski definition) is 2. The topological polar surface area (TPSA) is 88.0 Å². The predicted octanol–water partition coefficient (Wildman–Crippen LogP) is 0.462. The van der Waals surface area contributed by atoms with Crippen molar-refractivity contribution in [3.63, 3.8) is 0 Å². The van der Waals surface area contributed by atoms with Crippen molar-refractivity contribution in [1.82, 2.24) is 14.8 Å². The molecule has 88 valence electrons. The van der Waals surface area contributed by atoms with Crippen molar-refractivity contribution in [3.8, 4) is 0 Å². The molecule has 6 heteroatoms. The molecule has 0 unspecified atom stereocenters. The van der Waals surface area contributed by atoms with E-state index in [1.165, 1.54) is 6.33 Å². The molecule has 2 N–H and O–H groups in total. The van der Waals surface area contributed by atoms with E-state index in [1.54, 1.807) is 4.57 Å². The van der Waals surface area contributed by atoms with Gasteiger partial charge in [0.1, 0.15) is 6.33 Å². The molecule has 0 spiro atoms. The van der Waals surface area contributed by atoms with Crippen LogP contribution in [0.4, 0.5) is 0 Å². The van der Waals surface area contributed by atoms with Gasteiger partial charge in [-0.15, -0.1) is 0 Å². The molecular weight excluding hydrogens is 210 g/mol. The van der Waals surface area contributed by atoms with Crippen LogP contribution >= 0.6 is 0 Å². The van der Waals surface area contributed by atoms with Crippen molar-refractivity contribution in [2.24, 2.45) is 11.8 Å². The summed E-state index contributed by atoms with van der Waals surface area (Å²) in [4.78, 5) is 22.0. The predicted molar refractivity (Wildman–Crippen MR) is 55.9 cm³/mol. The number of rotatable bonds is 3. The summed E-state index contributed by atoms with van der Waals surface area (Å²) >= 11 is 0. The maximum absolute atomic E-state index is 11.2. The Kier molecular flexibility index (Phi) is 3.07. The smallest absolute Gasteiger partial charge is 0.343 e. The van der Waals surface area contributed by atoms with E-state index in [1.807, 2.05) is 0 Å². The number of carboxylic acid groups (broad SMARTS) is 1. The Labute approximate surface area is 92.3 Å². The number of carboxylic acids is 1. The number of carbonyl (C=O) groups is 1.